The molecule has 2 aliphatic rings. The average molecular weight is 360 g/mol. The van der Waals surface area contributed by atoms with Crippen molar-refractivity contribution < 1.29 is 18.7 Å². The van der Waals surface area contributed by atoms with Crippen molar-refractivity contribution in [2.75, 3.05) is 6.61 Å². The molecule has 2 heterocycles. The third-order valence-corrected chi connectivity index (χ3v) is 5.05. The van der Waals surface area contributed by atoms with Gasteiger partial charge in [-0.05, 0) is 31.5 Å². The maximum Gasteiger partial charge on any atom is 0.338 e. The summed E-state index contributed by atoms with van der Waals surface area (Å²) < 4.78 is 18.5. The average Bonchev–Trinajstić information content (AvgIpc) is 2.86. The van der Waals surface area contributed by atoms with Gasteiger partial charge in [0.05, 0.1) is 22.6 Å². The summed E-state index contributed by atoms with van der Waals surface area (Å²) >= 11 is 1.34. The largest absolute Gasteiger partial charge is 0.458 e. The molecular formula is C18H17FN2O3S. The number of ether oxygens (including phenoxy) is 1. The molecule has 1 amide bonds. The molecule has 130 valence electrons. The fourth-order valence-electron chi connectivity index (χ4n) is 2.84. The molecule has 0 N–H and O–H groups in total. The highest BCUT2D eigenvalue weighted by Crippen LogP contribution is 2.43. The van der Waals surface area contributed by atoms with E-state index in [1.807, 2.05) is 0 Å². The van der Waals surface area contributed by atoms with Crippen LogP contribution in [-0.2, 0) is 14.3 Å². The van der Waals surface area contributed by atoms with Crippen molar-refractivity contribution >= 4 is 28.8 Å². The molecule has 5 nitrogen and oxygen atoms in total. The summed E-state index contributed by atoms with van der Waals surface area (Å²) in [5.41, 5.74) is 1.39. The summed E-state index contributed by atoms with van der Waals surface area (Å²) in [6.45, 7) is 7.09. The van der Waals surface area contributed by atoms with Crippen molar-refractivity contribution in [1.29, 1.82) is 0 Å². The van der Waals surface area contributed by atoms with E-state index in [0.29, 0.717) is 16.4 Å². The minimum atomic E-state index is -0.685. The number of esters is 1. The van der Waals surface area contributed by atoms with Crippen LogP contribution in [0.3, 0.4) is 0 Å². The first-order valence-electron chi connectivity index (χ1n) is 7.76. The Bertz CT molecular complexity index is 801. The monoisotopic (exact) mass is 360 g/mol. The Kier molecular flexibility index (Phi) is 4.76. The van der Waals surface area contributed by atoms with E-state index in [9.17, 15) is 14.0 Å². The van der Waals surface area contributed by atoms with Gasteiger partial charge in [0, 0.05) is 0 Å². The predicted octanol–water partition coefficient (Wildman–Crippen LogP) is 3.20. The SMILES string of the molecule is C=CCOC(=O)C1=C(C)N=C2SC(C)C(=O)N2C1c1ccc(F)cc1. The van der Waals surface area contributed by atoms with Crippen molar-refractivity contribution in [3.8, 4) is 0 Å². The highest BCUT2D eigenvalue weighted by Gasteiger charge is 2.46. The Balaban J connectivity index is 2.11. The molecule has 1 aromatic rings. The van der Waals surface area contributed by atoms with E-state index in [-0.39, 0.29) is 29.2 Å². The van der Waals surface area contributed by atoms with Crippen LogP contribution >= 0.6 is 11.8 Å². The van der Waals surface area contributed by atoms with E-state index >= 15 is 0 Å². The summed E-state index contributed by atoms with van der Waals surface area (Å²) in [7, 11) is 0. The number of hydrogen-bond acceptors (Lipinski definition) is 5. The number of aliphatic imine (C=N–C) groups is 1. The number of benzene rings is 1. The van der Waals surface area contributed by atoms with E-state index in [2.05, 4.69) is 11.6 Å². The first-order chi connectivity index (χ1) is 11.9. The number of amides is 1. The van der Waals surface area contributed by atoms with Crippen molar-refractivity contribution in [3.05, 3.63) is 59.6 Å². The lowest BCUT2D eigenvalue weighted by atomic mass is 9.94. The topological polar surface area (TPSA) is 59.0 Å². The van der Waals surface area contributed by atoms with Gasteiger partial charge in [-0.3, -0.25) is 9.69 Å². The second-order valence-electron chi connectivity index (χ2n) is 5.70. The van der Waals surface area contributed by atoms with Crippen molar-refractivity contribution in [3.63, 3.8) is 0 Å². The third kappa shape index (κ3) is 3.11. The number of rotatable bonds is 4. The number of allylic oxidation sites excluding steroid dienone is 1. The number of carbonyl (C=O) groups excluding carboxylic acids is 2. The Morgan fingerprint density at radius 3 is 2.76 bits per heavy atom. The van der Waals surface area contributed by atoms with Crippen LogP contribution in [0, 0.1) is 5.82 Å². The molecule has 25 heavy (non-hydrogen) atoms. The van der Waals surface area contributed by atoms with Crippen LogP contribution in [0.2, 0.25) is 0 Å². The van der Waals surface area contributed by atoms with Gasteiger partial charge < -0.3 is 4.74 Å². The van der Waals surface area contributed by atoms with E-state index in [4.69, 9.17) is 4.74 Å². The molecule has 1 saturated heterocycles. The number of nitrogens with zero attached hydrogens (tertiary/aromatic N) is 2. The van der Waals surface area contributed by atoms with Gasteiger partial charge in [0.1, 0.15) is 12.4 Å². The molecule has 0 radical (unpaired) electrons. The molecular weight excluding hydrogens is 343 g/mol. The second kappa shape index (κ2) is 6.84. The van der Waals surface area contributed by atoms with Gasteiger partial charge in [0.25, 0.3) is 0 Å². The van der Waals surface area contributed by atoms with Gasteiger partial charge in [0.2, 0.25) is 5.91 Å². The molecule has 1 aromatic carbocycles. The normalized spacial score (nSPS) is 22.6. The zero-order valence-corrected chi connectivity index (χ0v) is 14.7. The Morgan fingerprint density at radius 1 is 1.44 bits per heavy atom. The Morgan fingerprint density at radius 2 is 2.12 bits per heavy atom. The van der Waals surface area contributed by atoms with Crippen LogP contribution in [0.25, 0.3) is 0 Å². The fourth-order valence-corrected chi connectivity index (χ4v) is 3.87. The van der Waals surface area contributed by atoms with Crippen molar-refractivity contribution in [2.45, 2.75) is 25.1 Å². The number of halogens is 1. The zero-order valence-electron chi connectivity index (χ0n) is 13.9. The molecule has 0 aliphatic carbocycles. The zero-order chi connectivity index (χ0) is 18.1. The summed E-state index contributed by atoms with van der Waals surface area (Å²) in [5.74, 6) is -1.09. The molecule has 0 bridgehead atoms. The van der Waals surface area contributed by atoms with E-state index < -0.39 is 12.0 Å². The highest BCUT2D eigenvalue weighted by molar-refractivity contribution is 8.15. The summed E-state index contributed by atoms with van der Waals surface area (Å²) in [6.07, 6.45) is 1.47. The standard InChI is InChI=1S/C18H17FN2O3S/c1-4-9-24-17(23)14-10(2)20-18-21(16(22)11(3)25-18)15(14)12-5-7-13(19)8-6-12/h4-8,11,15H,1,9H2,2-3H3. The molecule has 7 heteroatoms. The van der Waals surface area contributed by atoms with Gasteiger partial charge in [-0.25, -0.2) is 14.2 Å². The summed E-state index contributed by atoms with van der Waals surface area (Å²) in [5, 5.41) is 0.252. The molecule has 2 unspecified atom stereocenters. The number of fused-ring (bicyclic) bond motifs is 1. The van der Waals surface area contributed by atoms with Crippen LogP contribution in [0.1, 0.15) is 25.5 Å². The van der Waals surface area contributed by atoms with Gasteiger partial charge in [-0.1, -0.05) is 36.5 Å². The van der Waals surface area contributed by atoms with Crippen molar-refractivity contribution in [2.24, 2.45) is 4.99 Å². The van der Waals surface area contributed by atoms with Crippen LogP contribution < -0.4 is 0 Å². The first-order valence-corrected chi connectivity index (χ1v) is 8.64. The molecule has 2 atom stereocenters. The molecule has 0 spiro atoms. The van der Waals surface area contributed by atoms with Gasteiger partial charge in [-0.2, -0.15) is 0 Å². The molecule has 3 rings (SSSR count). The summed E-state index contributed by atoms with van der Waals surface area (Å²) in [6, 6.07) is 5.06. The maximum atomic E-state index is 13.3. The molecule has 2 aliphatic heterocycles. The maximum absolute atomic E-state index is 13.3. The van der Waals surface area contributed by atoms with Crippen molar-refractivity contribution in [1.82, 2.24) is 4.90 Å². The predicted molar refractivity (Wildman–Crippen MR) is 94.3 cm³/mol. The van der Waals surface area contributed by atoms with Crippen LogP contribution in [0.15, 0.2) is 53.2 Å². The lowest BCUT2D eigenvalue weighted by Gasteiger charge is -2.33. The number of hydrogen-bond donors (Lipinski definition) is 0. The van der Waals surface area contributed by atoms with Gasteiger partial charge >= 0.3 is 5.97 Å². The van der Waals surface area contributed by atoms with Crippen LogP contribution in [-0.4, -0.2) is 33.8 Å². The number of carbonyl (C=O) groups is 2. The van der Waals surface area contributed by atoms with E-state index in [1.54, 1.807) is 26.0 Å². The summed E-state index contributed by atoms with van der Waals surface area (Å²) in [4.78, 5) is 31.1. The Labute approximate surface area is 149 Å². The highest BCUT2D eigenvalue weighted by atomic mass is 32.2. The van der Waals surface area contributed by atoms with E-state index in [0.717, 1.165) is 0 Å². The number of thioether (sulfide) groups is 1. The molecule has 1 fully saturated rings. The van der Waals surface area contributed by atoms with E-state index in [1.165, 1.54) is 34.9 Å². The fraction of sp³-hybridized carbons (Fsp3) is 0.278. The van der Waals surface area contributed by atoms with Crippen LogP contribution in [0.5, 0.6) is 0 Å². The smallest absolute Gasteiger partial charge is 0.338 e. The molecule has 0 saturated carbocycles. The quantitative estimate of drug-likeness (QED) is 0.611. The second-order valence-corrected chi connectivity index (χ2v) is 7.01. The lowest BCUT2D eigenvalue weighted by Crippen LogP contribution is -2.40. The molecule has 0 aromatic heterocycles. The van der Waals surface area contributed by atoms with Crippen LogP contribution in [0.4, 0.5) is 4.39 Å². The Hall–Kier alpha value is -2.41. The number of amidine groups is 1. The minimum absolute atomic E-state index is 0.0570. The van der Waals surface area contributed by atoms with Gasteiger partial charge in [-0.15, -0.1) is 0 Å². The first kappa shape index (κ1) is 17.4. The minimum Gasteiger partial charge on any atom is -0.458 e. The van der Waals surface area contributed by atoms with Gasteiger partial charge in [0.15, 0.2) is 5.17 Å². The lowest BCUT2D eigenvalue weighted by molar-refractivity contribution is -0.139. The third-order valence-electron chi connectivity index (χ3n) is 4.00.